The monoisotopic (exact) mass is 473 g/mol. The zero-order valence-electron chi connectivity index (χ0n) is 18.6. The number of carbonyl (C=O) groups excluding carboxylic acids is 1. The Hall–Kier alpha value is -4.36. The van der Waals surface area contributed by atoms with Crippen molar-refractivity contribution in [1.29, 1.82) is 5.26 Å². The Labute approximate surface area is 199 Å². The van der Waals surface area contributed by atoms with Gasteiger partial charge in [0.1, 0.15) is 17.2 Å². The van der Waals surface area contributed by atoms with E-state index in [1.54, 1.807) is 24.4 Å². The zero-order chi connectivity index (χ0) is 24.4. The van der Waals surface area contributed by atoms with Gasteiger partial charge in [0.15, 0.2) is 0 Å². The maximum atomic E-state index is 13.3. The lowest BCUT2D eigenvalue weighted by molar-refractivity contribution is 0.102. The molecule has 5 rings (SSSR count). The smallest absolute Gasteiger partial charge is 0.265 e. The first-order valence-corrected chi connectivity index (χ1v) is 11.1. The first-order chi connectivity index (χ1) is 17.0. The molecule has 2 aromatic carbocycles. The van der Waals surface area contributed by atoms with Gasteiger partial charge in [-0.15, -0.1) is 0 Å². The summed E-state index contributed by atoms with van der Waals surface area (Å²) in [6.45, 7) is 3.63. The zero-order valence-corrected chi connectivity index (χ0v) is 18.6. The summed E-state index contributed by atoms with van der Waals surface area (Å²) < 4.78 is 26.5. The SMILES string of the molecule is N#Cc1ccc(NC(=O)c2cccc3[nH]c(-c4ccc(N5CCNCC5)nc4)nc23)cc1C(F)F. The van der Waals surface area contributed by atoms with Gasteiger partial charge < -0.3 is 20.5 Å². The molecule has 4 aromatic rings. The number of nitrogens with zero attached hydrogens (tertiary/aromatic N) is 4. The van der Waals surface area contributed by atoms with E-state index in [2.05, 4.69) is 30.5 Å². The number of H-pyrrole nitrogens is 1. The number of aromatic nitrogens is 3. The lowest BCUT2D eigenvalue weighted by Crippen LogP contribution is -2.43. The molecule has 1 amide bonds. The molecular weight excluding hydrogens is 452 g/mol. The van der Waals surface area contributed by atoms with Gasteiger partial charge in [0.25, 0.3) is 12.3 Å². The van der Waals surface area contributed by atoms with Crippen molar-refractivity contribution >= 4 is 28.4 Å². The number of imidazole rings is 1. The van der Waals surface area contributed by atoms with Gasteiger partial charge in [-0.05, 0) is 42.5 Å². The van der Waals surface area contributed by atoms with E-state index >= 15 is 0 Å². The normalized spacial score (nSPS) is 13.7. The third-order valence-corrected chi connectivity index (χ3v) is 5.88. The second-order valence-corrected chi connectivity index (χ2v) is 8.10. The van der Waals surface area contributed by atoms with Crippen LogP contribution in [0.15, 0.2) is 54.7 Å². The Morgan fingerprint density at radius 1 is 1.14 bits per heavy atom. The Kier molecular flexibility index (Phi) is 6.08. The lowest BCUT2D eigenvalue weighted by atomic mass is 10.1. The number of nitrogens with one attached hydrogen (secondary N) is 3. The predicted octanol–water partition coefficient (Wildman–Crippen LogP) is 4.10. The van der Waals surface area contributed by atoms with Crippen LogP contribution in [-0.4, -0.2) is 47.0 Å². The molecule has 0 saturated carbocycles. The minimum absolute atomic E-state index is 0.131. The molecule has 8 nitrogen and oxygen atoms in total. The number of hydrogen-bond donors (Lipinski definition) is 3. The summed E-state index contributed by atoms with van der Waals surface area (Å²) in [5, 5.41) is 15.0. The van der Waals surface area contributed by atoms with E-state index in [1.165, 1.54) is 12.1 Å². The van der Waals surface area contributed by atoms with Crippen molar-refractivity contribution in [3.63, 3.8) is 0 Å². The van der Waals surface area contributed by atoms with Crippen LogP contribution >= 0.6 is 0 Å². The van der Waals surface area contributed by atoms with E-state index in [9.17, 15) is 13.6 Å². The quantitative estimate of drug-likeness (QED) is 0.403. The van der Waals surface area contributed by atoms with Crippen molar-refractivity contribution in [2.45, 2.75) is 6.43 Å². The number of hydrogen-bond acceptors (Lipinski definition) is 6. The number of pyridine rings is 1. The Bertz CT molecular complexity index is 1420. The number of anilines is 2. The second kappa shape index (κ2) is 9.48. The van der Waals surface area contributed by atoms with E-state index in [-0.39, 0.29) is 11.3 Å². The number of benzene rings is 2. The molecule has 1 aliphatic rings. The van der Waals surface area contributed by atoms with Crippen molar-refractivity contribution in [3.8, 4) is 17.5 Å². The number of amides is 1. The maximum absolute atomic E-state index is 13.3. The molecule has 35 heavy (non-hydrogen) atoms. The van der Waals surface area contributed by atoms with Gasteiger partial charge in [-0.1, -0.05) is 6.07 Å². The number of halogens is 2. The predicted molar refractivity (Wildman–Crippen MR) is 128 cm³/mol. The molecule has 0 radical (unpaired) electrons. The van der Waals surface area contributed by atoms with Crippen molar-refractivity contribution in [2.24, 2.45) is 0 Å². The fourth-order valence-corrected chi connectivity index (χ4v) is 4.08. The van der Waals surface area contributed by atoms with Crippen molar-refractivity contribution in [2.75, 3.05) is 36.4 Å². The second-order valence-electron chi connectivity index (χ2n) is 8.10. The highest BCUT2D eigenvalue weighted by molar-refractivity contribution is 6.11. The van der Waals surface area contributed by atoms with Gasteiger partial charge in [0.2, 0.25) is 0 Å². The summed E-state index contributed by atoms with van der Waals surface area (Å²) >= 11 is 0. The number of alkyl halides is 2. The Balaban J connectivity index is 1.40. The molecule has 0 bridgehead atoms. The van der Waals surface area contributed by atoms with Crippen LogP contribution in [-0.2, 0) is 0 Å². The highest BCUT2D eigenvalue weighted by atomic mass is 19.3. The largest absolute Gasteiger partial charge is 0.354 e. The molecule has 0 unspecified atom stereocenters. The number of piperazine rings is 1. The molecule has 1 fully saturated rings. The van der Waals surface area contributed by atoms with Crippen LogP contribution < -0.4 is 15.5 Å². The molecule has 3 N–H and O–H groups in total. The summed E-state index contributed by atoms with van der Waals surface area (Å²) in [7, 11) is 0. The van der Waals surface area contributed by atoms with Crippen LogP contribution in [0.2, 0.25) is 0 Å². The molecule has 1 saturated heterocycles. The van der Waals surface area contributed by atoms with Gasteiger partial charge >= 0.3 is 0 Å². The first kappa shape index (κ1) is 22.4. The van der Waals surface area contributed by atoms with Crippen LogP contribution in [0.1, 0.15) is 27.9 Å². The molecule has 176 valence electrons. The third-order valence-electron chi connectivity index (χ3n) is 5.88. The molecule has 10 heteroatoms. The summed E-state index contributed by atoms with van der Waals surface area (Å²) in [5.74, 6) is 0.973. The summed E-state index contributed by atoms with van der Waals surface area (Å²) in [6, 6.07) is 14.6. The fraction of sp³-hybridized carbons (Fsp3) is 0.200. The molecule has 0 aliphatic carbocycles. The minimum Gasteiger partial charge on any atom is -0.354 e. The third kappa shape index (κ3) is 4.54. The molecule has 0 spiro atoms. The van der Waals surface area contributed by atoms with E-state index in [0.29, 0.717) is 22.4 Å². The summed E-state index contributed by atoms with van der Waals surface area (Å²) in [6.07, 6.45) is -1.08. The average molecular weight is 473 g/mol. The van der Waals surface area contributed by atoms with Crippen LogP contribution in [0.5, 0.6) is 0 Å². The number of aromatic amines is 1. The van der Waals surface area contributed by atoms with E-state index in [0.717, 1.165) is 43.6 Å². The highest BCUT2D eigenvalue weighted by Gasteiger charge is 2.18. The molecule has 2 aromatic heterocycles. The number of para-hydroxylation sites is 1. The summed E-state index contributed by atoms with van der Waals surface area (Å²) in [4.78, 5) is 27.6. The van der Waals surface area contributed by atoms with Gasteiger partial charge in [-0.3, -0.25) is 4.79 Å². The van der Waals surface area contributed by atoms with Crippen molar-refractivity contribution < 1.29 is 13.6 Å². The number of nitriles is 1. The molecule has 3 heterocycles. The Morgan fingerprint density at radius 2 is 1.97 bits per heavy atom. The van der Waals surface area contributed by atoms with Crippen LogP contribution in [0.4, 0.5) is 20.3 Å². The standard InChI is InChI=1S/C25H21F2N7O/c26-23(27)19-12-17(6-4-15(19)13-28)31-25(35)18-2-1-3-20-22(18)33-24(32-20)16-5-7-21(30-14-16)34-10-8-29-9-11-34/h1-7,12,14,23,29H,8-11H2,(H,31,35)(H,32,33). The van der Waals surface area contributed by atoms with Crippen LogP contribution in [0.25, 0.3) is 22.4 Å². The number of carbonyl (C=O) groups is 1. The number of rotatable bonds is 5. The Morgan fingerprint density at radius 3 is 2.69 bits per heavy atom. The van der Waals surface area contributed by atoms with Gasteiger partial charge in [-0.25, -0.2) is 18.7 Å². The van der Waals surface area contributed by atoms with Crippen molar-refractivity contribution in [1.82, 2.24) is 20.3 Å². The van der Waals surface area contributed by atoms with E-state index < -0.39 is 17.9 Å². The van der Waals surface area contributed by atoms with Crippen molar-refractivity contribution in [3.05, 3.63) is 71.4 Å². The maximum Gasteiger partial charge on any atom is 0.265 e. The topological polar surface area (TPSA) is 110 Å². The molecule has 1 aliphatic heterocycles. The lowest BCUT2D eigenvalue weighted by Gasteiger charge is -2.28. The van der Waals surface area contributed by atoms with Gasteiger partial charge in [0.05, 0.1) is 22.7 Å². The summed E-state index contributed by atoms with van der Waals surface area (Å²) in [5.41, 5.74) is 1.79. The van der Waals surface area contributed by atoms with Gasteiger partial charge in [-0.2, -0.15) is 5.26 Å². The fourth-order valence-electron chi connectivity index (χ4n) is 4.08. The van der Waals surface area contributed by atoms with Crippen LogP contribution in [0, 0.1) is 11.3 Å². The average Bonchev–Trinajstić information content (AvgIpc) is 3.34. The molecule has 0 atom stereocenters. The highest BCUT2D eigenvalue weighted by Crippen LogP contribution is 2.27. The van der Waals surface area contributed by atoms with Gasteiger partial charge in [0, 0.05) is 49.2 Å². The minimum atomic E-state index is -2.83. The van der Waals surface area contributed by atoms with E-state index in [4.69, 9.17) is 5.26 Å². The van der Waals surface area contributed by atoms with E-state index in [1.807, 2.05) is 18.2 Å². The number of fused-ring (bicyclic) bond motifs is 1. The molecular formula is C25H21F2N7O. The first-order valence-electron chi connectivity index (χ1n) is 11.1. The van der Waals surface area contributed by atoms with Crippen LogP contribution in [0.3, 0.4) is 0 Å².